The Labute approximate surface area is 117 Å². The Bertz CT molecular complexity index is 550. The van der Waals surface area contributed by atoms with E-state index >= 15 is 0 Å². The minimum absolute atomic E-state index is 0.144. The summed E-state index contributed by atoms with van der Waals surface area (Å²) in [6.45, 7) is 4.25. The molecular formula is C13H18BrNO2S. The number of nitrogens with one attached hydrogen (secondary N) is 1. The summed E-state index contributed by atoms with van der Waals surface area (Å²) < 4.78 is 27.3. The fourth-order valence-electron chi connectivity index (χ4n) is 1.86. The number of hydrogen-bond donors (Lipinski definition) is 1. The molecule has 1 aromatic rings. The van der Waals surface area contributed by atoms with E-state index in [1.54, 1.807) is 6.07 Å². The Morgan fingerprint density at radius 3 is 2.56 bits per heavy atom. The standard InChI is InChI=1S/C13H18BrNO2S/c1-10-3-4-11(2)12(7-10)18(16,17)15-9-13(8-14)5-6-13/h3-4,7,15H,5-6,8-9H2,1-2H3. The first-order chi connectivity index (χ1) is 8.38. The van der Waals surface area contributed by atoms with Crippen LogP contribution >= 0.6 is 15.9 Å². The maximum Gasteiger partial charge on any atom is 0.240 e. The molecule has 0 radical (unpaired) electrons. The fourth-order valence-corrected chi connectivity index (χ4v) is 4.10. The highest BCUT2D eigenvalue weighted by molar-refractivity contribution is 9.09. The maximum absolute atomic E-state index is 12.3. The molecule has 0 heterocycles. The Balaban J connectivity index is 2.18. The first-order valence-corrected chi connectivity index (χ1v) is 8.62. The quantitative estimate of drug-likeness (QED) is 0.843. The van der Waals surface area contributed by atoms with E-state index in [-0.39, 0.29) is 5.41 Å². The molecule has 1 fully saturated rings. The second-order valence-corrected chi connectivity index (χ2v) is 7.52. The van der Waals surface area contributed by atoms with Crippen molar-refractivity contribution in [2.45, 2.75) is 31.6 Å². The highest BCUT2D eigenvalue weighted by Crippen LogP contribution is 2.46. The van der Waals surface area contributed by atoms with Gasteiger partial charge in [-0.3, -0.25) is 0 Å². The van der Waals surface area contributed by atoms with Crippen molar-refractivity contribution in [3.8, 4) is 0 Å². The van der Waals surface area contributed by atoms with E-state index in [9.17, 15) is 8.42 Å². The SMILES string of the molecule is Cc1ccc(C)c(S(=O)(=O)NCC2(CBr)CC2)c1. The fraction of sp³-hybridized carbons (Fsp3) is 0.538. The van der Waals surface area contributed by atoms with Crippen molar-refractivity contribution < 1.29 is 8.42 Å². The first-order valence-electron chi connectivity index (χ1n) is 6.01. The van der Waals surface area contributed by atoms with Crippen LogP contribution in [0.1, 0.15) is 24.0 Å². The van der Waals surface area contributed by atoms with Crippen LogP contribution in [-0.2, 0) is 10.0 Å². The zero-order chi connectivity index (χ0) is 13.4. The van der Waals surface area contributed by atoms with E-state index in [1.165, 1.54) is 0 Å². The Morgan fingerprint density at radius 1 is 1.33 bits per heavy atom. The molecule has 0 aliphatic heterocycles. The van der Waals surface area contributed by atoms with Crippen molar-refractivity contribution in [2.24, 2.45) is 5.41 Å². The molecule has 0 bridgehead atoms. The van der Waals surface area contributed by atoms with E-state index in [0.29, 0.717) is 11.4 Å². The van der Waals surface area contributed by atoms with Gasteiger partial charge in [-0.05, 0) is 49.3 Å². The summed E-state index contributed by atoms with van der Waals surface area (Å²) in [5.41, 5.74) is 1.89. The summed E-state index contributed by atoms with van der Waals surface area (Å²) in [6, 6.07) is 5.50. The van der Waals surface area contributed by atoms with Crippen molar-refractivity contribution in [1.29, 1.82) is 0 Å². The van der Waals surface area contributed by atoms with Crippen molar-refractivity contribution >= 4 is 26.0 Å². The van der Waals surface area contributed by atoms with Crippen molar-refractivity contribution in [1.82, 2.24) is 4.72 Å². The number of hydrogen-bond acceptors (Lipinski definition) is 2. The second-order valence-electron chi connectivity index (χ2n) is 5.23. The van der Waals surface area contributed by atoms with Gasteiger partial charge in [-0.2, -0.15) is 0 Å². The van der Waals surface area contributed by atoms with Gasteiger partial charge >= 0.3 is 0 Å². The Hall–Kier alpha value is -0.390. The van der Waals surface area contributed by atoms with Gasteiger partial charge in [0.05, 0.1) is 4.90 Å². The van der Waals surface area contributed by atoms with Crippen LogP contribution in [0.3, 0.4) is 0 Å². The number of benzene rings is 1. The largest absolute Gasteiger partial charge is 0.240 e. The van der Waals surface area contributed by atoms with E-state index < -0.39 is 10.0 Å². The van der Waals surface area contributed by atoms with Crippen LogP contribution in [-0.4, -0.2) is 20.3 Å². The van der Waals surface area contributed by atoms with Gasteiger partial charge in [-0.25, -0.2) is 13.1 Å². The van der Waals surface area contributed by atoms with E-state index in [1.807, 2.05) is 26.0 Å². The molecule has 1 aliphatic rings. The lowest BCUT2D eigenvalue weighted by Gasteiger charge is -2.14. The van der Waals surface area contributed by atoms with Gasteiger partial charge < -0.3 is 0 Å². The van der Waals surface area contributed by atoms with Crippen LogP contribution < -0.4 is 4.72 Å². The van der Waals surface area contributed by atoms with Crippen LogP contribution in [0.25, 0.3) is 0 Å². The van der Waals surface area contributed by atoms with Crippen molar-refractivity contribution in [3.63, 3.8) is 0 Å². The Kier molecular flexibility index (Phi) is 3.85. The molecule has 0 atom stereocenters. The third kappa shape index (κ3) is 2.95. The van der Waals surface area contributed by atoms with Crippen molar-refractivity contribution in [3.05, 3.63) is 29.3 Å². The zero-order valence-corrected chi connectivity index (χ0v) is 13.1. The number of aryl methyl sites for hydroxylation is 2. The molecule has 0 amide bonds. The van der Waals surface area contributed by atoms with E-state index in [4.69, 9.17) is 0 Å². The van der Waals surface area contributed by atoms with Gasteiger partial charge in [0.2, 0.25) is 10.0 Å². The summed E-state index contributed by atoms with van der Waals surface area (Å²) in [7, 11) is -3.39. The topological polar surface area (TPSA) is 46.2 Å². The van der Waals surface area contributed by atoms with Gasteiger partial charge in [0.15, 0.2) is 0 Å². The molecule has 1 aromatic carbocycles. The maximum atomic E-state index is 12.3. The molecule has 0 spiro atoms. The zero-order valence-electron chi connectivity index (χ0n) is 10.7. The first kappa shape index (κ1) is 14.0. The molecule has 0 unspecified atom stereocenters. The summed E-state index contributed by atoms with van der Waals surface area (Å²) >= 11 is 3.45. The highest BCUT2D eigenvalue weighted by Gasteiger charge is 2.42. The average molecular weight is 332 g/mol. The van der Waals surface area contributed by atoms with Crippen molar-refractivity contribution in [2.75, 3.05) is 11.9 Å². The molecule has 1 aliphatic carbocycles. The number of alkyl halides is 1. The number of sulfonamides is 1. The van der Waals surface area contributed by atoms with E-state index in [0.717, 1.165) is 29.3 Å². The van der Waals surface area contributed by atoms with Gasteiger partial charge in [0.1, 0.15) is 0 Å². The van der Waals surface area contributed by atoms with Crippen LogP contribution in [0.4, 0.5) is 0 Å². The Morgan fingerprint density at radius 2 is 2.00 bits per heavy atom. The molecule has 0 saturated heterocycles. The number of rotatable bonds is 5. The van der Waals surface area contributed by atoms with Crippen LogP contribution in [0.2, 0.25) is 0 Å². The third-order valence-corrected chi connectivity index (χ3v) is 6.24. The summed E-state index contributed by atoms with van der Waals surface area (Å²) in [4.78, 5) is 0.396. The molecule has 100 valence electrons. The second kappa shape index (κ2) is 4.94. The summed E-state index contributed by atoms with van der Waals surface area (Å²) in [5.74, 6) is 0. The molecule has 0 aromatic heterocycles. The normalized spacial score (nSPS) is 17.7. The molecule has 3 nitrogen and oxygen atoms in total. The minimum Gasteiger partial charge on any atom is -0.211 e. The minimum atomic E-state index is -3.39. The van der Waals surface area contributed by atoms with Gasteiger partial charge in [-0.15, -0.1) is 0 Å². The summed E-state index contributed by atoms with van der Waals surface area (Å²) in [5, 5.41) is 0.856. The van der Waals surface area contributed by atoms with Crippen LogP contribution in [0.5, 0.6) is 0 Å². The summed E-state index contributed by atoms with van der Waals surface area (Å²) in [6.07, 6.45) is 2.18. The van der Waals surface area contributed by atoms with Crippen LogP contribution in [0.15, 0.2) is 23.1 Å². The number of halogens is 1. The lowest BCUT2D eigenvalue weighted by Crippen LogP contribution is -2.31. The predicted octanol–water partition coefficient (Wildman–Crippen LogP) is 2.76. The monoisotopic (exact) mass is 331 g/mol. The molecule has 5 heteroatoms. The van der Waals surface area contributed by atoms with Gasteiger partial charge in [0, 0.05) is 11.9 Å². The lowest BCUT2D eigenvalue weighted by atomic mass is 10.1. The predicted molar refractivity (Wildman–Crippen MR) is 76.6 cm³/mol. The van der Waals surface area contributed by atoms with Gasteiger partial charge in [0.25, 0.3) is 0 Å². The van der Waals surface area contributed by atoms with Gasteiger partial charge in [-0.1, -0.05) is 28.1 Å². The van der Waals surface area contributed by atoms with E-state index in [2.05, 4.69) is 20.7 Å². The molecule has 1 N–H and O–H groups in total. The molecule has 18 heavy (non-hydrogen) atoms. The van der Waals surface area contributed by atoms with Crippen LogP contribution in [0, 0.1) is 19.3 Å². The molecular weight excluding hydrogens is 314 g/mol. The smallest absolute Gasteiger partial charge is 0.211 e. The molecule has 1 saturated carbocycles. The lowest BCUT2D eigenvalue weighted by molar-refractivity contribution is 0.538. The average Bonchev–Trinajstić information content (AvgIpc) is 3.11. The highest BCUT2D eigenvalue weighted by atomic mass is 79.9. The molecule has 2 rings (SSSR count). The third-order valence-electron chi connectivity index (χ3n) is 3.51.